The first-order valence-electron chi connectivity index (χ1n) is 8.01. The summed E-state index contributed by atoms with van der Waals surface area (Å²) in [6.07, 6.45) is 5.23. The highest BCUT2D eigenvalue weighted by Gasteiger charge is 2.23. The van der Waals surface area contributed by atoms with E-state index < -0.39 is 0 Å². The number of thiazole rings is 1. The van der Waals surface area contributed by atoms with Crippen molar-refractivity contribution in [1.82, 2.24) is 10.3 Å². The molecule has 1 aromatic heterocycles. The van der Waals surface area contributed by atoms with E-state index in [0.717, 1.165) is 22.7 Å². The summed E-state index contributed by atoms with van der Waals surface area (Å²) in [6.45, 7) is 2.24. The number of amides is 1. The van der Waals surface area contributed by atoms with E-state index in [0.29, 0.717) is 18.4 Å². The highest BCUT2D eigenvalue weighted by molar-refractivity contribution is 7.13. The second-order valence-electron chi connectivity index (χ2n) is 6.12. The van der Waals surface area contributed by atoms with Crippen molar-refractivity contribution in [1.29, 1.82) is 0 Å². The maximum absolute atomic E-state index is 12.2. The second kappa shape index (κ2) is 7.05. The fraction of sp³-hybridized carbons (Fsp3) is 0.444. The number of rotatable bonds is 4. The molecule has 116 valence electrons. The average Bonchev–Trinajstić information content (AvgIpc) is 2.99. The number of hydrogen-bond acceptors (Lipinski definition) is 3. The Morgan fingerprint density at radius 2 is 2.05 bits per heavy atom. The molecule has 2 atom stereocenters. The minimum Gasteiger partial charge on any atom is -0.353 e. The molecule has 4 heteroatoms. The molecule has 0 bridgehead atoms. The number of aromatic nitrogens is 1. The van der Waals surface area contributed by atoms with Gasteiger partial charge in [-0.15, -0.1) is 11.3 Å². The lowest BCUT2D eigenvalue weighted by Gasteiger charge is -2.29. The van der Waals surface area contributed by atoms with Crippen LogP contribution in [-0.2, 0) is 11.2 Å². The monoisotopic (exact) mass is 314 g/mol. The van der Waals surface area contributed by atoms with Gasteiger partial charge in [0.05, 0.1) is 12.1 Å². The largest absolute Gasteiger partial charge is 0.353 e. The normalized spacial score (nSPS) is 21.5. The number of nitrogens with zero attached hydrogens (tertiary/aromatic N) is 1. The van der Waals surface area contributed by atoms with Crippen molar-refractivity contribution in [3.63, 3.8) is 0 Å². The molecule has 1 aliphatic rings. The molecule has 1 amide bonds. The van der Waals surface area contributed by atoms with Crippen LogP contribution in [0.4, 0.5) is 0 Å². The molecule has 0 radical (unpaired) electrons. The molecule has 0 saturated heterocycles. The molecule has 22 heavy (non-hydrogen) atoms. The molecule has 1 N–H and O–H groups in total. The maximum Gasteiger partial charge on any atom is 0.226 e. The standard InChI is InChI=1S/C18H22N2OS/c1-13-7-5-6-10-16(13)20-17(21)11-15-12-22-18(19-15)14-8-3-2-4-9-14/h2-4,8-9,12-13,16H,5-7,10-11H2,1H3,(H,20,21)/t13-,16+/m0/s1. The van der Waals surface area contributed by atoms with Crippen molar-refractivity contribution in [2.45, 2.75) is 45.1 Å². The van der Waals surface area contributed by atoms with Gasteiger partial charge in [0.1, 0.15) is 5.01 Å². The van der Waals surface area contributed by atoms with Crippen LogP contribution in [0.25, 0.3) is 10.6 Å². The topological polar surface area (TPSA) is 42.0 Å². The van der Waals surface area contributed by atoms with Crippen LogP contribution in [0.15, 0.2) is 35.7 Å². The lowest BCUT2D eigenvalue weighted by Crippen LogP contribution is -2.41. The zero-order valence-corrected chi connectivity index (χ0v) is 13.7. The Bertz CT molecular complexity index is 623. The van der Waals surface area contributed by atoms with Crippen LogP contribution >= 0.6 is 11.3 Å². The van der Waals surface area contributed by atoms with Crippen LogP contribution in [0, 0.1) is 5.92 Å². The van der Waals surface area contributed by atoms with Gasteiger partial charge in [0, 0.05) is 17.0 Å². The van der Waals surface area contributed by atoms with Gasteiger partial charge in [0.25, 0.3) is 0 Å². The van der Waals surface area contributed by atoms with Crippen molar-refractivity contribution in [2.75, 3.05) is 0 Å². The van der Waals surface area contributed by atoms with Gasteiger partial charge < -0.3 is 5.32 Å². The molecule has 3 nitrogen and oxygen atoms in total. The molecule has 1 heterocycles. The van der Waals surface area contributed by atoms with E-state index in [4.69, 9.17) is 0 Å². The Labute approximate surface area is 135 Å². The van der Waals surface area contributed by atoms with Gasteiger partial charge in [-0.25, -0.2) is 4.98 Å². The number of carbonyl (C=O) groups is 1. The summed E-state index contributed by atoms with van der Waals surface area (Å²) in [6, 6.07) is 10.4. The van der Waals surface area contributed by atoms with Gasteiger partial charge in [0.15, 0.2) is 0 Å². The van der Waals surface area contributed by atoms with Gasteiger partial charge >= 0.3 is 0 Å². The number of carbonyl (C=O) groups excluding carboxylic acids is 1. The number of nitrogens with one attached hydrogen (secondary N) is 1. The summed E-state index contributed by atoms with van der Waals surface area (Å²) < 4.78 is 0. The smallest absolute Gasteiger partial charge is 0.226 e. The molecular formula is C18H22N2OS. The Kier molecular flexibility index (Phi) is 4.88. The van der Waals surface area contributed by atoms with Crippen LogP contribution < -0.4 is 5.32 Å². The Morgan fingerprint density at radius 1 is 1.27 bits per heavy atom. The third kappa shape index (κ3) is 3.74. The number of hydrogen-bond donors (Lipinski definition) is 1. The third-order valence-corrected chi connectivity index (χ3v) is 5.31. The molecule has 1 saturated carbocycles. The van der Waals surface area contributed by atoms with Crippen LogP contribution in [0.1, 0.15) is 38.3 Å². The average molecular weight is 314 g/mol. The van der Waals surface area contributed by atoms with Crippen molar-refractivity contribution in [3.05, 3.63) is 41.4 Å². The number of benzene rings is 1. The first-order valence-corrected chi connectivity index (χ1v) is 8.89. The molecule has 0 spiro atoms. The summed E-state index contributed by atoms with van der Waals surface area (Å²) in [4.78, 5) is 16.8. The van der Waals surface area contributed by atoms with E-state index in [1.54, 1.807) is 11.3 Å². The first kappa shape index (κ1) is 15.2. The van der Waals surface area contributed by atoms with Gasteiger partial charge in [-0.05, 0) is 18.8 Å². The summed E-state index contributed by atoms with van der Waals surface area (Å²) in [5, 5.41) is 6.17. The van der Waals surface area contributed by atoms with Crippen molar-refractivity contribution in [2.24, 2.45) is 5.92 Å². The molecule has 1 aliphatic carbocycles. The van der Waals surface area contributed by atoms with Crippen molar-refractivity contribution in [3.8, 4) is 10.6 Å². The van der Waals surface area contributed by atoms with E-state index in [1.807, 2.05) is 35.7 Å². The van der Waals surface area contributed by atoms with Gasteiger partial charge in [-0.2, -0.15) is 0 Å². The van der Waals surface area contributed by atoms with Crippen molar-refractivity contribution >= 4 is 17.2 Å². The van der Waals surface area contributed by atoms with Gasteiger partial charge in [0.2, 0.25) is 5.91 Å². The maximum atomic E-state index is 12.2. The zero-order valence-electron chi connectivity index (χ0n) is 12.9. The molecule has 0 aliphatic heterocycles. The SMILES string of the molecule is C[C@H]1CCCC[C@H]1NC(=O)Cc1csc(-c2ccccc2)n1. The van der Waals surface area contributed by atoms with Gasteiger partial charge in [-0.1, -0.05) is 50.1 Å². The Morgan fingerprint density at radius 3 is 2.82 bits per heavy atom. The fourth-order valence-corrected chi connectivity index (χ4v) is 3.88. The first-order chi connectivity index (χ1) is 10.7. The molecule has 3 rings (SSSR count). The third-order valence-electron chi connectivity index (χ3n) is 4.37. The second-order valence-corrected chi connectivity index (χ2v) is 6.98. The summed E-state index contributed by atoms with van der Waals surface area (Å²) >= 11 is 1.60. The van der Waals surface area contributed by atoms with E-state index in [9.17, 15) is 4.79 Å². The van der Waals surface area contributed by atoms with Crippen LogP contribution in [0.3, 0.4) is 0 Å². The quantitative estimate of drug-likeness (QED) is 0.925. The van der Waals surface area contributed by atoms with E-state index in [2.05, 4.69) is 17.2 Å². The predicted molar refractivity (Wildman–Crippen MR) is 90.8 cm³/mol. The fourth-order valence-electron chi connectivity index (χ4n) is 3.05. The Hall–Kier alpha value is -1.68. The summed E-state index contributed by atoms with van der Waals surface area (Å²) in [5.41, 5.74) is 1.98. The van der Waals surface area contributed by atoms with Crippen LogP contribution in [-0.4, -0.2) is 16.9 Å². The zero-order chi connectivity index (χ0) is 15.4. The lowest BCUT2D eigenvalue weighted by molar-refractivity contribution is -0.121. The minimum atomic E-state index is 0.101. The summed E-state index contributed by atoms with van der Waals surface area (Å²) in [7, 11) is 0. The van der Waals surface area contributed by atoms with Crippen LogP contribution in [0.5, 0.6) is 0 Å². The summed E-state index contributed by atoms with van der Waals surface area (Å²) in [5.74, 6) is 0.691. The minimum absolute atomic E-state index is 0.101. The van der Waals surface area contributed by atoms with E-state index in [-0.39, 0.29) is 5.91 Å². The van der Waals surface area contributed by atoms with Crippen molar-refractivity contribution < 1.29 is 4.79 Å². The lowest BCUT2D eigenvalue weighted by atomic mass is 9.86. The van der Waals surface area contributed by atoms with Crippen LogP contribution in [0.2, 0.25) is 0 Å². The molecule has 1 fully saturated rings. The molecular weight excluding hydrogens is 292 g/mol. The Balaban J connectivity index is 1.59. The predicted octanol–water partition coefficient (Wildman–Crippen LogP) is 4.05. The molecule has 2 aromatic rings. The molecule has 0 unspecified atom stereocenters. The molecule has 1 aromatic carbocycles. The highest BCUT2D eigenvalue weighted by Crippen LogP contribution is 2.25. The van der Waals surface area contributed by atoms with E-state index in [1.165, 1.54) is 19.3 Å². The highest BCUT2D eigenvalue weighted by atomic mass is 32.1. The van der Waals surface area contributed by atoms with E-state index >= 15 is 0 Å². The van der Waals surface area contributed by atoms with Gasteiger partial charge in [-0.3, -0.25) is 4.79 Å².